The van der Waals surface area contributed by atoms with Gasteiger partial charge < -0.3 is 5.73 Å². The average molecular weight is 411 g/mol. The molecule has 0 fully saturated rings. The predicted octanol–water partition coefficient (Wildman–Crippen LogP) is 4.11. The van der Waals surface area contributed by atoms with Crippen molar-refractivity contribution in [2.45, 2.75) is 4.90 Å². The van der Waals surface area contributed by atoms with Crippen LogP contribution in [0.5, 0.6) is 0 Å². The second-order valence-corrected chi connectivity index (χ2v) is 8.46. The molecule has 1 heterocycles. The number of benzene rings is 2. The highest BCUT2D eigenvalue weighted by Crippen LogP contribution is 2.35. The van der Waals surface area contributed by atoms with Crippen LogP contribution >= 0.6 is 22.9 Å². The molecule has 134 valence electrons. The Morgan fingerprint density at radius 2 is 1.69 bits per heavy atom. The summed E-state index contributed by atoms with van der Waals surface area (Å²) in [6, 6.07) is 12.7. The molecule has 9 heteroatoms. The van der Waals surface area contributed by atoms with E-state index in [1.165, 1.54) is 54.6 Å². The van der Waals surface area contributed by atoms with Crippen LogP contribution in [0.4, 0.5) is 10.1 Å². The Balaban J connectivity index is 2.00. The van der Waals surface area contributed by atoms with E-state index in [-0.39, 0.29) is 15.5 Å². The van der Waals surface area contributed by atoms with Gasteiger partial charge in [-0.15, -0.1) is 11.3 Å². The lowest BCUT2D eigenvalue weighted by Gasteiger charge is -2.07. The fourth-order valence-electron chi connectivity index (χ4n) is 2.22. The highest BCUT2D eigenvalue weighted by Gasteiger charge is 2.21. The van der Waals surface area contributed by atoms with Gasteiger partial charge in [0.25, 0.3) is 15.9 Å². The van der Waals surface area contributed by atoms with E-state index < -0.39 is 21.7 Å². The van der Waals surface area contributed by atoms with Gasteiger partial charge in [-0.1, -0.05) is 23.7 Å². The number of rotatable bonds is 5. The van der Waals surface area contributed by atoms with Gasteiger partial charge in [-0.25, -0.2) is 12.8 Å². The number of hydrogen-bond donors (Lipinski definition) is 2. The number of nitrogens with two attached hydrogens (primary N) is 1. The first-order valence-corrected chi connectivity index (χ1v) is 9.92. The number of anilines is 1. The lowest BCUT2D eigenvalue weighted by atomic mass is 10.2. The molecule has 0 aliphatic carbocycles. The first-order valence-electron chi connectivity index (χ1n) is 7.24. The maximum Gasteiger partial charge on any atom is 0.261 e. The molecule has 0 aliphatic heterocycles. The van der Waals surface area contributed by atoms with Crippen molar-refractivity contribution in [3.05, 3.63) is 70.3 Å². The molecule has 26 heavy (non-hydrogen) atoms. The van der Waals surface area contributed by atoms with E-state index in [1.54, 1.807) is 0 Å². The molecule has 0 aliphatic rings. The Hall–Kier alpha value is -2.42. The van der Waals surface area contributed by atoms with Crippen LogP contribution in [0.25, 0.3) is 10.4 Å². The highest BCUT2D eigenvalue weighted by atomic mass is 35.5. The topological polar surface area (TPSA) is 89.3 Å². The van der Waals surface area contributed by atoms with E-state index in [0.717, 1.165) is 11.3 Å². The molecule has 0 unspecified atom stereocenters. The quantitative estimate of drug-likeness (QED) is 0.663. The lowest BCUT2D eigenvalue weighted by molar-refractivity contribution is 0.100. The summed E-state index contributed by atoms with van der Waals surface area (Å²) >= 11 is 6.79. The molecular formula is C17H12ClFN2O3S2. The van der Waals surface area contributed by atoms with Crippen molar-refractivity contribution in [3.8, 4) is 10.4 Å². The summed E-state index contributed by atoms with van der Waals surface area (Å²) in [6.45, 7) is 0. The third-order valence-corrected chi connectivity index (χ3v) is 6.28. The normalized spacial score (nSPS) is 11.3. The minimum atomic E-state index is -3.93. The predicted molar refractivity (Wildman–Crippen MR) is 100 cm³/mol. The number of sulfonamides is 1. The number of nitrogens with one attached hydrogen (secondary N) is 1. The van der Waals surface area contributed by atoms with Crippen LogP contribution in [0.2, 0.25) is 5.02 Å². The number of carbonyl (C=O) groups excluding carboxylic acids is 1. The summed E-state index contributed by atoms with van der Waals surface area (Å²) in [5, 5.41) is 0.399. The first kappa shape index (κ1) is 18.4. The number of primary amides is 1. The Labute approximate surface area is 158 Å². The summed E-state index contributed by atoms with van der Waals surface area (Å²) in [7, 11) is -3.93. The van der Waals surface area contributed by atoms with E-state index in [2.05, 4.69) is 4.72 Å². The molecule has 3 N–H and O–H groups in total. The number of halogens is 2. The smallest absolute Gasteiger partial charge is 0.261 e. The van der Waals surface area contributed by atoms with Gasteiger partial charge in [0.1, 0.15) is 10.7 Å². The Kier molecular flexibility index (Phi) is 4.99. The van der Waals surface area contributed by atoms with Crippen molar-refractivity contribution < 1.29 is 17.6 Å². The van der Waals surface area contributed by atoms with E-state index >= 15 is 0 Å². The van der Waals surface area contributed by atoms with Crippen molar-refractivity contribution in [2.75, 3.05) is 4.72 Å². The maximum atomic E-state index is 13.1. The van der Waals surface area contributed by atoms with Gasteiger partial charge in [-0.3, -0.25) is 9.52 Å². The van der Waals surface area contributed by atoms with Gasteiger partial charge in [0.2, 0.25) is 0 Å². The molecule has 0 atom stereocenters. The summed E-state index contributed by atoms with van der Waals surface area (Å²) in [6.07, 6.45) is 0. The second kappa shape index (κ2) is 7.06. The first-order chi connectivity index (χ1) is 12.3. The SMILES string of the molecule is NC(=O)c1sc(-c2ccc(F)cc2)cc1NS(=O)(=O)c1ccc(Cl)cc1. The van der Waals surface area contributed by atoms with E-state index in [9.17, 15) is 17.6 Å². The number of hydrogen-bond acceptors (Lipinski definition) is 4. The van der Waals surface area contributed by atoms with Gasteiger partial charge in [-0.2, -0.15) is 0 Å². The lowest BCUT2D eigenvalue weighted by Crippen LogP contribution is -2.16. The zero-order valence-corrected chi connectivity index (χ0v) is 15.5. The standard InChI is InChI=1S/C17H12ClFN2O3S2/c18-11-3-7-13(8-4-11)26(23,24)21-14-9-15(25-16(14)17(20)22)10-1-5-12(19)6-2-10/h1-9,21H,(H2,20,22). The highest BCUT2D eigenvalue weighted by molar-refractivity contribution is 7.92. The molecule has 0 bridgehead atoms. The van der Waals surface area contributed by atoms with Gasteiger partial charge in [0.15, 0.2) is 0 Å². The Morgan fingerprint density at radius 1 is 1.08 bits per heavy atom. The van der Waals surface area contributed by atoms with Crippen molar-refractivity contribution in [3.63, 3.8) is 0 Å². The molecule has 0 saturated carbocycles. The van der Waals surface area contributed by atoms with Crippen molar-refractivity contribution in [1.29, 1.82) is 0 Å². The fraction of sp³-hybridized carbons (Fsp3) is 0. The van der Waals surface area contributed by atoms with Crippen molar-refractivity contribution >= 4 is 44.6 Å². The number of thiophene rings is 1. The zero-order chi connectivity index (χ0) is 18.9. The van der Waals surface area contributed by atoms with Crippen molar-refractivity contribution in [1.82, 2.24) is 0 Å². The molecule has 1 amide bonds. The van der Waals surface area contributed by atoms with Crippen molar-refractivity contribution in [2.24, 2.45) is 5.73 Å². The molecule has 0 radical (unpaired) electrons. The molecule has 3 aromatic rings. The summed E-state index contributed by atoms with van der Waals surface area (Å²) in [5.41, 5.74) is 6.07. The van der Waals surface area contributed by atoms with Crippen LogP contribution in [0.15, 0.2) is 59.5 Å². The second-order valence-electron chi connectivity index (χ2n) is 5.28. The summed E-state index contributed by atoms with van der Waals surface area (Å²) < 4.78 is 40.5. The molecule has 1 aromatic heterocycles. The fourth-order valence-corrected chi connectivity index (χ4v) is 4.45. The van der Waals surface area contributed by atoms with Gasteiger partial charge in [0.05, 0.1) is 10.6 Å². The molecule has 0 spiro atoms. The van der Waals surface area contributed by atoms with E-state index in [1.807, 2.05) is 0 Å². The van der Waals surface area contributed by atoms with Crippen LogP contribution in [0, 0.1) is 5.82 Å². The molecular weight excluding hydrogens is 399 g/mol. The van der Waals surface area contributed by atoms with Crippen LogP contribution in [-0.2, 0) is 10.0 Å². The van der Waals surface area contributed by atoms with Crippen LogP contribution in [0.3, 0.4) is 0 Å². The zero-order valence-electron chi connectivity index (χ0n) is 13.1. The minimum Gasteiger partial charge on any atom is -0.365 e. The Bertz CT molecular complexity index is 1060. The third kappa shape index (κ3) is 3.87. The van der Waals surface area contributed by atoms with E-state index in [4.69, 9.17) is 17.3 Å². The minimum absolute atomic E-state index is 0.00754. The van der Waals surface area contributed by atoms with Gasteiger partial charge in [-0.05, 0) is 48.0 Å². The number of amides is 1. The molecule has 2 aromatic carbocycles. The Morgan fingerprint density at radius 3 is 2.27 bits per heavy atom. The maximum absolute atomic E-state index is 13.1. The molecule has 3 rings (SSSR count). The van der Waals surface area contributed by atoms with Crippen LogP contribution < -0.4 is 10.5 Å². The molecule has 5 nitrogen and oxygen atoms in total. The van der Waals surface area contributed by atoms with Crippen LogP contribution in [-0.4, -0.2) is 14.3 Å². The molecule has 0 saturated heterocycles. The summed E-state index contributed by atoms with van der Waals surface area (Å²) in [5.74, 6) is -1.17. The summed E-state index contributed by atoms with van der Waals surface area (Å²) in [4.78, 5) is 12.3. The monoisotopic (exact) mass is 410 g/mol. The van der Waals surface area contributed by atoms with Gasteiger partial charge in [0, 0.05) is 9.90 Å². The van der Waals surface area contributed by atoms with Crippen LogP contribution in [0.1, 0.15) is 9.67 Å². The third-order valence-electron chi connectivity index (χ3n) is 3.45. The van der Waals surface area contributed by atoms with Gasteiger partial charge >= 0.3 is 0 Å². The largest absolute Gasteiger partial charge is 0.365 e. The average Bonchev–Trinajstić information content (AvgIpc) is 2.99. The van der Waals surface area contributed by atoms with E-state index in [0.29, 0.717) is 15.5 Å². The number of carbonyl (C=O) groups is 1.